The summed E-state index contributed by atoms with van der Waals surface area (Å²) >= 11 is 0. The summed E-state index contributed by atoms with van der Waals surface area (Å²) in [5.74, 6) is 4.60. The van der Waals surface area contributed by atoms with Gasteiger partial charge in [-0.1, -0.05) is 36.4 Å². The number of hydrogen-bond acceptors (Lipinski definition) is 17. The van der Waals surface area contributed by atoms with Crippen LogP contribution in [0.25, 0.3) is 0 Å². The molecule has 0 bridgehead atoms. The highest BCUT2D eigenvalue weighted by Crippen LogP contribution is 2.41. The summed E-state index contributed by atoms with van der Waals surface area (Å²) in [6, 6.07) is 31.4. The van der Waals surface area contributed by atoms with Crippen LogP contribution in [0.1, 0.15) is 22.3 Å². The number of nitrogens with zero attached hydrogens (tertiary/aromatic N) is 8. The summed E-state index contributed by atoms with van der Waals surface area (Å²) in [4.78, 5) is 51.7. The summed E-state index contributed by atoms with van der Waals surface area (Å²) in [6.07, 6.45) is 1.95. The number of anilines is 8. The number of rotatable bonds is 15. The topological polar surface area (TPSA) is 187 Å². The number of ether oxygens (including phenoxy) is 7. The van der Waals surface area contributed by atoms with Crippen molar-refractivity contribution in [2.75, 3.05) is 101 Å². The summed E-state index contributed by atoms with van der Waals surface area (Å²) < 4.78 is 38.8. The highest BCUT2D eigenvalue weighted by Gasteiger charge is 2.27. The van der Waals surface area contributed by atoms with Gasteiger partial charge in [-0.2, -0.15) is 9.97 Å². The third-order valence-electron chi connectivity index (χ3n) is 12.0. The molecule has 0 atom stereocenters. The Morgan fingerprint density at radius 1 is 0.541 bits per heavy atom. The van der Waals surface area contributed by atoms with Gasteiger partial charge in [-0.05, 0) is 99.5 Å². The van der Waals surface area contributed by atoms with Crippen molar-refractivity contribution < 1.29 is 42.7 Å². The van der Waals surface area contributed by atoms with Gasteiger partial charge in [-0.25, -0.2) is 24.5 Å². The predicted molar refractivity (Wildman–Crippen MR) is 287 cm³/mol. The van der Waals surface area contributed by atoms with Crippen LogP contribution in [0.5, 0.6) is 40.2 Å². The molecule has 0 spiro atoms. The summed E-state index contributed by atoms with van der Waals surface area (Å²) in [5.41, 5.74) is 6.48. The van der Waals surface area contributed by atoms with Crippen molar-refractivity contribution in [2.45, 2.75) is 27.7 Å². The molecule has 1 saturated heterocycles. The Bertz CT molecular complexity index is 2990. The van der Waals surface area contributed by atoms with Gasteiger partial charge < -0.3 is 53.6 Å². The van der Waals surface area contributed by atoms with Gasteiger partial charge in [0.15, 0.2) is 11.5 Å². The lowest BCUT2D eigenvalue weighted by Crippen LogP contribution is -2.44. The molecule has 0 radical (unpaired) electrons. The Labute approximate surface area is 431 Å². The standard InChI is InChI=1S/C30H32N4O7.C25H30N6O2/c1-18-9-8-10-19(2)27(18)41-30(35)34(22-12-11-21(36-3)17-23(22)37-4)26-13-14-31-29(33-26)32-20-15-24(38-5)28(40-7)25(16-20)39-6;1-18-6-5-7-19(2)23(18)33-25(32)30(4)22-12-13-26-24(28-22)27-20-8-10-21(11-9-20)31-16-14-29(3)15-17-31/h8-17H,1-7H3,(H,31,32,33);5-13H,14-17H2,1-4H3,(H,26,27,28). The van der Waals surface area contributed by atoms with Crippen LogP contribution in [-0.4, -0.2) is 113 Å². The van der Waals surface area contributed by atoms with Crippen molar-refractivity contribution in [2.24, 2.45) is 0 Å². The molecule has 0 saturated carbocycles. The highest BCUT2D eigenvalue weighted by molar-refractivity contribution is 5.98. The van der Waals surface area contributed by atoms with E-state index in [0.717, 1.165) is 54.1 Å². The highest BCUT2D eigenvalue weighted by atomic mass is 16.6. The Morgan fingerprint density at radius 2 is 1.05 bits per heavy atom. The molecule has 5 aromatic carbocycles. The van der Waals surface area contributed by atoms with Crippen LogP contribution in [0.2, 0.25) is 0 Å². The van der Waals surface area contributed by atoms with Crippen molar-refractivity contribution in [3.63, 3.8) is 0 Å². The van der Waals surface area contributed by atoms with Crippen LogP contribution in [0, 0.1) is 27.7 Å². The SMILES string of the molecule is COc1ccc(N(C(=O)Oc2c(C)cccc2C)c2ccnc(Nc3cc(OC)c(OC)c(OC)c3)n2)c(OC)c1.Cc1cccc(C)c1OC(=O)N(C)c1ccnc(Nc2ccc(N3CCN(C)CC3)cc2)n1. The molecule has 3 heterocycles. The summed E-state index contributed by atoms with van der Waals surface area (Å²) in [5, 5.41) is 6.35. The second kappa shape index (κ2) is 24.5. The fourth-order valence-corrected chi connectivity index (χ4v) is 7.95. The Morgan fingerprint density at radius 3 is 1.58 bits per heavy atom. The molecule has 2 N–H and O–H groups in total. The first-order valence-electron chi connectivity index (χ1n) is 23.6. The zero-order valence-electron chi connectivity index (χ0n) is 43.6. The zero-order chi connectivity index (χ0) is 52.9. The maximum absolute atomic E-state index is 13.8. The number of aromatic nitrogens is 4. The molecule has 2 amide bonds. The maximum atomic E-state index is 13.8. The van der Waals surface area contributed by atoms with E-state index >= 15 is 0 Å². The fourth-order valence-electron chi connectivity index (χ4n) is 7.95. The molecular weight excluding hydrogens is 945 g/mol. The van der Waals surface area contributed by atoms with Gasteiger partial charge in [0.05, 0.1) is 41.2 Å². The molecule has 74 heavy (non-hydrogen) atoms. The molecule has 386 valence electrons. The molecule has 1 fully saturated rings. The first kappa shape index (κ1) is 53.0. The van der Waals surface area contributed by atoms with Crippen LogP contribution in [0.4, 0.5) is 55.9 Å². The van der Waals surface area contributed by atoms with Gasteiger partial charge in [0, 0.05) is 86.9 Å². The van der Waals surface area contributed by atoms with E-state index < -0.39 is 12.2 Å². The van der Waals surface area contributed by atoms with E-state index in [0.29, 0.717) is 63.4 Å². The Balaban J connectivity index is 0.000000221. The van der Waals surface area contributed by atoms with E-state index in [-0.39, 0.29) is 11.8 Å². The fraction of sp³-hybridized carbons (Fsp3) is 0.273. The van der Waals surface area contributed by atoms with Crippen molar-refractivity contribution in [3.8, 4) is 40.2 Å². The molecule has 2 aromatic heterocycles. The number of benzene rings is 5. The van der Waals surface area contributed by atoms with Gasteiger partial charge >= 0.3 is 12.2 Å². The van der Waals surface area contributed by atoms with Crippen LogP contribution in [0.15, 0.2) is 116 Å². The largest absolute Gasteiger partial charge is 0.497 e. The number of aryl methyl sites for hydroxylation is 4. The summed E-state index contributed by atoms with van der Waals surface area (Å²) in [7, 11) is 11.4. The lowest BCUT2D eigenvalue weighted by molar-refractivity contribution is 0.207. The van der Waals surface area contributed by atoms with Gasteiger partial charge in [-0.15, -0.1) is 0 Å². The van der Waals surface area contributed by atoms with Crippen LogP contribution in [-0.2, 0) is 0 Å². The number of amides is 2. The molecule has 19 nitrogen and oxygen atoms in total. The Hall–Kier alpha value is -8.84. The quantitative estimate of drug-likeness (QED) is 0.0986. The lowest BCUT2D eigenvalue weighted by atomic mass is 10.1. The van der Waals surface area contributed by atoms with Crippen molar-refractivity contribution in [1.29, 1.82) is 0 Å². The second-order valence-corrected chi connectivity index (χ2v) is 17.1. The van der Waals surface area contributed by atoms with Gasteiger partial charge in [0.25, 0.3) is 0 Å². The molecule has 1 aliphatic rings. The minimum Gasteiger partial charge on any atom is -0.497 e. The molecule has 19 heteroatoms. The minimum atomic E-state index is -0.691. The van der Waals surface area contributed by atoms with Crippen LogP contribution in [0.3, 0.4) is 0 Å². The number of carbonyl (C=O) groups is 2. The van der Waals surface area contributed by atoms with Crippen LogP contribution < -0.4 is 58.5 Å². The zero-order valence-corrected chi connectivity index (χ0v) is 43.6. The molecule has 8 rings (SSSR count). The molecular formula is C55H62N10O9. The van der Waals surface area contributed by atoms with Crippen molar-refractivity contribution in [1.82, 2.24) is 24.8 Å². The normalized spacial score (nSPS) is 12.1. The van der Waals surface area contributed by atoms with E-state index in [2.05, 4.69) is 59.5 Å². The van der Waals surface area contributed by atoms with Gasteiger partial charge in [-0.3, -0.25) is 4.90 Å². The number of nitrogens with one attached hydrogen (secondary N) is 2. The molecule has 1 aliphatic heterocycles. The van der Waals surface area contributed by atoms with Gasteiger partial charge in [0.1, 0.15) is 34.6 Å². The first-order chi connectivity index (χ1) is 35.7. The number of carbonyl (C=O) groups excluding carboxylic acids is 2. The van der Waals surface area contributed by atoms with E-state index in [1.54, 1.807) is 62.8 Å². The van der Waals surface area contributed by atoms with Crippen molar-refractivity contribution in [3.05, 3.63) is 138 Å². The number of piperazine rings is 1. The predicted octanol–water partition coefficient (Wildman–Crippen LogP) is 10.4. The number of hydrogen-bond donors (Lipinski definition) is 2. The first-order valence-corrected chi connectivity index (χ1v) is 23.6. The second-order valence-electron chi connectivity index (χ2n) is 17.1. The number of likely N-dealkylation sites (N-methyl/N-ethyl adjacent to an activating group) is 1. The maximum Gasteiger partial charge on any atom is 0.425 e. The number of methoxy groups -OCH3 is 5. The average molecular weight is 1010 g/mol. The smallest absolute Gasteiger partial charge is 0.425 e. The third-order valence-corrected chi connectivity index (χ3v) is 12.0. The molecule has 0 aliphatic carbocycles. The average Bonchev–Trinajstić information content (AvgIpc) is 3.41. The van der Waals surface area contributed by atoms with Gasteiger partial charge in [0.2, 0.25) is 17.6 Å². The summed E-state index contributed by atoms with van der Waals surface area (Å²) in [6.45, 7) is 11.8. The van der Waals surface area contributed by atoms with Crippen molar-refractivity contribution >= 4 is 58.5 Å². The lowest BCUT2D eigenvalue weighted by Gasteiger charge is -2.34. The van der Waals surface area contributed by atoms with E-state index in [1.165, 1.54) is 50.1 Å². The monoisotopic (exact) mass is 1010 g/mol. The van der Waals surface area contributed by atoms with E-state index in [4.69, 9.17) is 33.2 Å². The van der Waals surface area contributed by atoms with E-state index in [1.807, 2.05) is 76.2 Å². The number of para-hydroxylation sites is 2. The molecule has 7 aromatic rings. The van der Waals surface area contributed by atoms with Crippen LogP contribution >= 0.6 is 0 Å². The minimum absolute atomic E-state index is 0.203. The third kappa shape index (κ3) is 12.8. The van der Waals surface area contributed by atoms with E-state index in [9.17, 15) is 9.59 Å². The Kier molecular flexibility index (Phi) is 17.6. The molecule has 0 unspecified atom stereocenters.